The van der Waals surface area contributed by atoms with Crippen molar-refractivity contribution in [2.75, 3.05) is 24.5 Å². The topological polar surface area (TPSA) is 57.3 Å². The Bertz CT molecular complexity index is 516. The number of carbonyl (C=O) groups excluding carboxylic acids is 1. The standard InChI is InChI=1S/C15H24N4OS/c1-3-11-14(20)17-8-9-19(11)15-18-13-10(16-4-2)6-5-7-12(13)21-15/h10-11,16H,3-9H2,1-2H3,(H,17,20). The molecule has 0 aromatic carbocycles. The van der Waals surface area contributed by atoms with E-state index in [0.29, 0.717) is 6.04 Å². The Balaban J connectivity index is 1.87. The lowest BCUT2D eigenvalue weighted by molar-refractivity contribution is -0.123. The van der Waals surface area contributed by atoms with Gasteiger partial charge < -0.3 is 15.5 Å². The van der Waals surface area contributed by atoms with Crippen LogP contribution >= 0.6 is 11.3 Å². The van der Waals surface area contributed by atoms with Gasteiger partial charge in [-0.3, -0.25) is 4.79 Å². The molecule has 2 unspecified atom stereocenters. The quantitative estimate of drug-likeness (QED) is 0.891. The minimum atomic E-state index is -0.0658. The number of hydrogen-bond donors (Lipinski definition) is 2. The van der Waals surface area contributed by atoms with E-state index in [2.05, 4.69) is 29.4 Å². The largest absolute Gasteiger partial charge is 0.353 e. The molecule has 3 rings (SSSR count). The van der Waals surface area contributed by atoms with E-state index >= 15 is 0 Å². The number of anilines is 1. The van der Waals surface area contributed by atoms with Gasteiger partial charge in [0.05, 0.1) is 11.7 Å². The highest BCUT2D eigenvalue weighted by Crippen LogP contribution is 2.37. The van der Waals surface area contributed by atoms with E-state index in [1.165, 1.54) is 23.4 Å². The van der Waals surface area contributed by atoms with Gasteiger partial charge in [-0.2, -0.15) is 0 Å². The Morgan fingerprint density at radius 3 is 3.10 bits per heavy atom. The van der Waals surface area contributed by atoms with Crippen molar-refractivity contribution in [3.05, 3.63) is 10.6 Å². The highest BCUT2D eigenvalue weighted by atomic mass is 32.1. The summed E-state index contributed by atoms with van der Waals surface area (Å²) in [6.45, 7) is 6.76. The van der Waals surface area contributed by atoms with Crippen LogP contribution in [0.4, 0.5) is 5.13 Å². The highest BCUT2D eigenvalue weighted by Gasteiger charge is 2.32. The molecule has 5 nitrogen and oxygen atoms in total. The number of piperazine rings is 1. The van der Waals surface area contributed by atoms with Crippen LogP contribution < -0.4 is 15.5 Å². The molecule has 1 amide bonds. The molecular weight excluding hydrogens is 284 g/mol. The molecule has 1 aromatic heterocycles. The molecular formula is C15H24N4OS. The summed E-state index contributed by atoms with van der Waals surface area (Å²) in [7, 11) is 0. The minimum Gasteiger partial charge on any atom is -0.353 e. The van der Waals surface area contributed by atoms with Crippen LogP contribution in [-0.2, 0) is 11.2 Å². The van der Waals surface area contributed by atoms with Gasteiger partial charge in [0, 0.05) is 18.0 Å². The Labute approximate surface area is 130 Å². The van der Waals surface area contributed by atoms with Crippen LogP contribution in [0.25, 0.3) is 0 Å². The number of aryl methyl sites for hydroxylation is 1. The lowest BCUT2D eigenvalue weighted by atomic mass is 9.98. The molecule has 1 saturated heterocycles. The van der Waals surface area contributed by atoms with Gasteiger partial charge in [-0.15, -0.1) is 11.3 Å². The number of nitrogens with one attached hydrogen (secondary N) is 2. The van der Waals surface area contributed by atoms with E-state index in [0.717, 1.165) is 37.6 Å². The monoisotopic (exact) mass is 308 g/mol. The maximum absolute atomic E-state index is 12.0. The average molecular weight is 308 g/mol. The number of carbonyl (C=O) groups is 1. The van der Waals surface area contributed by atoms with Crippen molar-refractivity contribution in [1.29, 1.82) is 0 Å². The minimum absolute atomic E-state index is 0.0658. The number of nitrogens with zero attached hydrogens (tertiary/aromatic N) is 2. The van der Waals surface area contributed by atoms with Gasteiger partial charge in [-0.25, -0.2) is 4.98 Å². The third-order valence-electron chi connectivity index (χ3n) is 4.36. The molecule has 0 saturated carbocycles. The summed E-state index contributed by atoms with van der Waals surface area (Å²) >= 11 is 1.79. The summed E-state index contributed by atoms with van der Waals surface area (Å²) in [5, 5.41) is 7.53. The van der Waals surface area contributed by atoms with Gasteiger partial charge in [-0.1, -0.05) is 13.8 Å². The lowest BCUT2D eigenvalue weighted by Gasteiger charge is -2.34. The van der Waals surface area contributed by atoms with Crippen LogP contribution in [0.3, 0.4) is 0 Å². The number of thiazole rings is 1. The van der Waals surface area contributed by atoms with Crippen molar-refractivity contribution in [3.8, 4) is 0 Å². The fraction of sp³-hybridized carbons (Fsp3) is 0.733. The normalized spacial score (nSPS) is 25.6. The highest BCUT2D eigenvalue weighted by molar-refractivity contribution is 7.15. The first-order valence-corrected chi connectivity index (χ1v) is 8.83. The van der Waals surface area contributed by atoms with Crippen LogP contribution in [0, 0.1) is 0 Å². The Hall–Kier alpha value is -1.14. The Kier molecular flexibility index (Phi) is 4.45. The van der Waals surface area contributed by atoms with Crippen molar-refractivity contribution in [3.63, 3.8) is 0 Å². The van der Waals surface area contributed by atoms with Crippen molar-refractivity contribution in [2.24, 2.45) is 0 Å². The van der Waals surface area contributed by atoms with Gasteiger partial charge in [0.1, 0.15) is 6.04 Å². The SMILES string of the molecule is CCNC1CCCc2sc(N3CCNC(=O)C3CC)nc21. The van der Waals surface area contributed by atoms with Crippen molar-refractivity contribution < 1.29 is 4.79 Å². The molecule has 0 bridgehead atoms. The van der Waals surface area contributed by atoms with Crippen LogP contribution in [0.5, 0.6) is 0 Å². The van der Waals surface area contributed by atoms with Gasteiger partial charge in [-0.05, 0) is 32.2 Å². The third-order valence-corrected chi connectivity index (χ3v) is 5.52. The summed E-state index contributed by atoms with van der Waals surface area (Å²) in [5.41, 5.74) is 1.23. The average Bonchev–Trinajstić information content (AvgIpc) is 2.92. The van der Waals surface area contributed by atoms with E-state index in [1.54, 1.807) is 11.3 Å². The molecule has 1 fully saturated rings. The second-order valence-electron chi connectivity index (χ2n) is 5.72. The summed E-state index contributed by atoms with van der Waals surface area (Å²) in [4.78, 5) is 20.5. The van der Waals surface area contributed by atoms with Gasteiger partial charge >= 0.3 is 0 Å². The molecule has 1 aliphatic carbocycles. The summed E-state index contributed by atoms with van der Waals surface area (Å²) in [6.07, 6.45) is 4.35. The number of hydrogen-bond acceptors (Lipinski definition) is 5. The molecule has 2 N–H and O–H groups in total. The number of amides is 1. The first-order valence-electron chi connectivity index (χ1n) is 8.02. The number of fused-ring (bicyclic) bond motifs is 1. The molecule has 2 aliphatic rings. The zero-order chi connectivity index (χ0) is 14.8. The fourth-order valence-electron chi connectivity index (χ4n) is 3.32. The smallest absolute Gasteiger partial charge is 0.242 e. The van der Waals surface area contributed by atoms with Gasteiger partial charge in [0.25, 0.3) is 0 Å². The zero-order valence-electron chi connectivity index (χ0n) is 12.8. The number of aromatic nitrogens is 1. The van der Waals surface area contributed by atoms with E-state index in [9.17, 15) is 4.79 Å². The lowest BCUT2D eigenvalue weighted by Crippen LogP contribution is -2.55. The van der Waals surface area contributed by atoms with E-state index in [1.807, 2.05) is 0 Å². The summed E-state index contributed by atoms with van der Waals surface area (Å²) in [6, 6.07) is 0.325. The van der Waals surface area contributed by atoms with Crippen molar-refractivity contribution in [1.82, 2.24) is 15.6 Å². The first kappa shape index (κ1) is 14.8. The molecule has 0 radical (unpaired) electrons. The van der Waals surface area contributed by atoms with Crippen LogP contribution in [0.1, 0.15) is 49.7 Å². The molecule has 1 aliphatic heterocycles. The van der Waals surface area contributed by atoms with E-state index in [4.69, 9.17) is 4.98 Å². The van der Waals surface area contributed by atoms with Gasteiger partial charge in [0.2, 0.25) is 5.91 Å². The predicted octanol–water partition coefficient (Wildman–Crippen LogP) is 1.84. The Morgan fingerprint density at radius 2 is 2.33 bits per heavy atom. The summed E-state index contributed by atoms with van der Waals surface area (Å²) in [5.74, 6) is 0.139. The van der Waals surface area contributed by atoms with Gasteiger partial charge in [0.15, 0.2) is 5.13 Å². The van der Waals surface area contributed by atoms with Crippen molar-refractivity contribution >= 4 is 22.4 Å². The molecule has 0 spiro atoms. The second kappa shape index (κ2) is 6.32. The maximum atomic E-state index is 12.0. The van der Waals surface area contributed by atoms with Crippen LogP contribution in [-0.4, -0.2) is 36.6 Å². The summed E-state index contributed by atoms with van der Waals surface area (Å²) < 4.78 is 0. The second-order valence-corrected chi connectivity index (χ2v) is 6.78. The molecule has 1 aromatic rings. The third kappa shape index (κ3) is 2.79. The maximum Gasteiger partial charge on any atom is 0.242 e. The fourth-order valence-corrected chi connectivity index (χ4v) is 4.56. The van der Waals surface area contributed by atoms with Crippen molar-refractivity contribution in [2.45, 2.75) is 51.6 Å². The first-order chi connectivity index (χ1) is 10.2. The van der Waals surface area contributed by atoms with E-state index < -0.39 is 0 Å². The molecule has 116 valence electrons. The van der Waals surface area contributed by atoms with E-state index in [-0.39, 0.29) is 11.9 Å². The molecule has 6 heteroatoms. The van der Waals surface area contributed by atoms with Crippen LogP contribution in [0.15, 0.2) is 0 Å². The molecule has 21 heavy (non-hydrogen) atoms. The zero-order valence-corrected chi connectivity index (χ0v) is 13.6. The van der Waals surface area contributed by atoms with Crippen LogP contribution in [0.2, 0.25) is 0 Å². The predicted molar refractivity (Wildman–Crippen MR) is 85.9 cm³/mol. The number of rotatable bonds is 4. The molecule has 2 atom stereocenters. The molecule has 2 heterocycles. The Morgan fingerprint density at radius 1 is 1.48 bits per heavy atom.